The molecule has 0 aliphatic rings. The minimum atomic E-state index is -0.198. The van der Waals surface area contributed by atoms with Gasteiger partial charge in [-0.25, -0.2) is 14.6 Å². The first-order valence-corrected chi connectivity index (χ1v) is 8.13. The van der Waals surface area contributed by atoms with E-state index < -0.39 is 0 Å². The summed E-state index contributed by atoms with van der Waals surface area (Å²) in [5.74, 6) is 1.60. The number of aromatic amines is 1. The van der Waals surface area contributed by atoms with Gasteiger partial charge in [-0.1, -0.05) is 29.1 Å². The van der Waals surface area contributed by atoms with Crippen LogP contribution in [0.15, 0.2) is 51.1 Å². The zero-order valence-electron chi connectivity index (χ0n) is 12.6. The quantitative estimate of drug-likeness (QED) is 0.448. The van der Waals surface area contributed by atoms with Crippen LogP contribution in [0.2, 0.25) is 0 Å². The zero-order valence-corrected chi connectivity index (χ0v) is 13.4. The molecular formula is C15H12N6O2S. The van der Waals surface area contributed by atoms with Crippen molar-refractivity contribution in [1.29, 1.82) is 0 Å². The van der Waals surface area contributed by atoms with E-state index in [0.29, 0.717) is 27.8 Å². The van der Waals surface area contributed by atoms with Crippen LogP contribution in [0.3, 0.4) is 0 Å². The second-order valence-electron chi connectivity index (χ2n) is 5.08. The number of aryl methyl sites for hydroxylation is 1. The Labute approximate surface area is 139 Å². The molecule has 4 rings (SSSR count). The number of hydrogen-bond acceptors (Lipinski definition) is 7. The van der Waals surface area contributed by atoms with Crippen LogP contribution >= 0.6 is 11.8 Å². The number of benzene rings is 1. The molecule has 0 spiro atoms. The maximum absolute atomic E-state index is 12.9. The lowest BCUT2D eigenvalue weighted by atomic mass is 10.2. The molecule has 0 amide bonds. The van der Waals surface area contributed by atoms with Gasteiger partial charge >= 0.3 is 0 Å². The Hall–Kier alpha value is -2.94. The number of rotatable bonds is 4. The molecule has 8 nitrogen and oxygen atoms in total. The molecule has 0 atom stereocenters. The van der Waals surface area contributed by atoms with Crippen LogP contribution in [0.1, 0.15) is 11.5 Å². The predicted molar refractivity (Wildman–Crippen MR) is 88.1 cm³/mol. The van der Waals surface area contributed by atoms with Gasteiger partial charge in [0.05, 0.1) is 16.6 Å². The molecule has 0 radical (unpaired) electrons. The number of para-hydroxylation sites is 1. The van der Waals surface area contributed by atoms with Crippen molar-refractivity contribution < 1.29 is 4.52 Å². The van der Waals surface area contributed by atoms with Crippen molar-refractivity contribution in [3.05, 3.63) is 58.5 Å². The maximum atomic E-state index is 12.9. The minimum absolute atomic E-state index is 0.198. The molecule has 9 heteroatoms. The van der Waals surface area contributed by atoms with Gasteiger partial charge in [0.2, 0.25) is 5.95 Å². The molecule has 120 valence electrons. The maximum Gasteiger partial charge on any atom is 0.269 e. The van der Waals surface area contributed by atoms with Gasteiger partial charge in [0.15, 0.2) is 5.16 Å². The van der Waals surface area contributed by atoms with E-state index in [2.05, 4.69) is 25.3 Å². The monoisotopic (exact) mass is 340 g/mol. The second-order valence-corrected chi connectivity index (χ2v) is 6.02. The van der Waals surface area contributed by atoms with Crippen molar-refractivity contribution >= 4 is 22.7 Å². The highest BCUT2D eigenvalue weighted by molar-refractivity contribution is 7.98. The van der Waals surface area contributed by atoms with E-state index in [1.54, 1.807) is 12.1 Å². The molecule has 0 fully saturated rings. The molecule has 0 saturated carbocycles. The second kappa shape index (κ2) is 5.93. The van der Waals surface area contributed by atoms with Crippen LogP contribution in [0.4, 0.5) is 0 Å². The molecule has 1 aromatic carbocycles. The lowest BCUT2D eigenvalue weighted by Crippen LogP contribution is -2.22. The van der Waals surface area contributed by atoms with Gasteiger partial charge < -0.3 is 4.52 Å². The van der Waals surface area contributed by atoms with E-state index >= 15 is 0 Å². The summed E-state index contributed by atoms with van der Waals surface area (Å²) in [4.78, 5) is 21.5. The van der Waals surface area contributed by atoms with E-state index in [4.69, 9.17) is 4.52 Å². The summed E-state index contributed by atoms with van der Waals surface area (Å²) in [7, 11) is 0. The van der Waals surface area contributed by atoms with E-state index in [1.807, 2.05) is 25.1 Å². The molecular weight excluding hydrogens is 328 g/mol. The van der Waals surface area contributed by atoms with Crippen molar-refractivity contribution in [2.75, 3.05) is 0 Å². The largest absolute Gasteiger partial charge is 0.361 e. The van der Waals surface area contributed by atoms with Crippen LogP contribution in [-0.2, 0) is 5.75 Å². The topological polar surface area (TPSA) is 102 Å². The molecule has 4 aromatic rings. The number of hydrogen-bond donors (Lipinski definition) is 1. The number of nitrogens with one attached hydrogen (secondary N) is 1. The average molecular weight is 340 g/mol. The lowest BCUT2D eigenvalue weighted by Gasteiger charge is -2.09. The molecule has 1 N–H and O–H groups in total. The minimum Gasteiger partial charge on any atom is -0.361 e. The van der Waals surface area contributed by atoms with E-state index in [1.165, 1.54) is 22.7 Å². The highest BCUT2D eigenvalue weighted by atomic mass is 32.2. The Morgan fingerprint density at radius 1 is 1.33 bits per heavy atom. The van der Waals surface area contributed by atoms with Crippen LogP contribution < -0.4 is 5.56 Å². The molecule has 0 aliphatic heterocycles. The Morgan fingerprint density at radius 3 is 2.96 bits per heavy atom. The Balaban J connectivity index is 1.83. The summed E-state index contributed by atoms with van der Waals surface area (Å²) in [5.41, 5.74) is 1.22. The summed E-state index contributed by atoms with van der Waals surface area (Å²) in [6.07, 6.45) is 1.35. The molecule has 0 bridgehead atoms. The summed E-state index contributed by atoms with van der Waals surface area (Å²) in [5, 5.41) is 11.5. The molecule has 3 heterocycles. The van der Waals surface area contributed by atoms with E-state index in [0.717, 1.165) is 11.5 Å². The fourth-order valence-electron chi connectivity index (χ4n) is 2.33. The van der Waals surface area contributed by atoms with Crippen LogP contribution in [0.5, 0.6) is 0 Å². The SMILES string of the molecule is Cc1cc(CSc2nc3ccccc3c(=O)n2-c2ncn[nH]2)no1. The van der Waals surface area contributed by atoms with Crippen molar-refractivity contribution in [1.82, 2.24) is 29.9 Å². The smallest absolute Gasteiger partial charge is 0.269 e. The van der Waals surface area contributed by atoms with E-state index in [9.17, 15) is 4.79 Å². The molecule has 3 aromatic heterocycles. The third kappa shape index (κ3) is 2.58. The third-order valence-electron chi connectivity index (χ3n) is 3.38. The molecule has 0 aliphatic carbocycles. The van der Waals surface area contributed by atoms with Gasteiger partial charge in [-0.2, -0.15) is 10.1 Å². The predicted octanol–water partition coefficient (Wildman–Crippen LogP) is 2.09. The Morgan fingerprint density at radius 2 is 2.21 bits per heavy atom. The lowest BCUT2D eigenvalue weighted by molar-refractivity contribution is 0.393. The fraction of sp³-hybridized carbons (Fsp3) is 0.133. The average Bonchev–Trinajstić information content (AvgIpc) is 3.25. The van der Waals surface area contributed by atoms with Gasteiger partial charge in [0, 0.05) is 11.8 Å². The molecule has 0 unspecified atom stereocenters. The van der Waals surface area contributed by atoms with Crippen LogP contribution in [0, 0.1) is 6.92 Å². The number of nitrogens with zero attached hydrogens (tertiary/aromatic N) is 5. The summed E-state index contributed by atoms with van der Waals surface area (Å²) >= 11 is 1.38. The standard InChI is InChI=1S/C15H12N6O2S/c1-9-6-10(20-23-9)7-24-15-18-12-5-3-2-4-11(12)13(22)21(15)14-16-8-17-19-14/h2-6,8H,7H2,1H3,(H,16,17,19). The Kier molecular flexibility index (Phi) is 3.62. The van der Waals surface area contributed by atoms with Gasteiger partial charge in [-0.15, -0.1) is 0 Å². The van der Waals surface area contributed by atoms with Crippen LogP contribution in [-0.4, -0.2) is 29.9 Å². The van der Waals surface area contributed by atoms with Crippen molar-refractivity contribution in [3.63, 3.8) is 0 Å². The third-order valence-corrected chi connectivity index (χ3v) is 4.36. The van der Waals surface area contributed by atoms with Crippen molar-refractivity contribution in [3.8, 4) is 5.95 Å². The number of aromatic nitrogens is 6. The van der Waals surface area contributed by atoms with E-state index in [-0.39, 0.29) is 5.56 Å². The van der Waals surface area contributed by atoms with Gasteiger partial charge in [0.25, 0.3) is 5.56 Å². The van der Waals surface area contributed by atoms with Gasteiger partial charge in [0.1, 0.15) is 12.1 Å². The summed E-state index contributed by atoms with van der Waals surface area (Å²) in [6, 6.07) is 9.06. The Bertz CT molecular complexity index is 1050. The normalized spacial score (nSPS) is 11.2. The summed E-state index contributed by atoms with van der Waals surface area (Å²) < 4.78 is 6.49. The van der Waals surface area contributed by atoms with Crippen molar-refractivity contribution in [2.24, 2.45) is 0 Å². The van der Waals surface area contributed by atoms with Crippen molar-refractivity contribution in [2.45, 2.75) is 17.8 Å². The summed E-state index contributed by atoms with van der Waals surface area (Å²) in [6.45, 7) is 1.83. The van der Waals surface area contributed by atoms with Crippen LogP contribution in [0.25, 0.3) is 16.9 Å². The zero-order chi connectivity index (χ0) is 16.5. The fourth-order valence-corrected chi connectivity index (χ4v) is 3.20. The molecule has 24 heavy (non-hydrogen) atoms. The highest BCUT2D eigenvalue weighted by Crippen LogP contribution is 2.23. The first kappa shape index (κ1) is 14.6. The first-order valence-electron chi connectivity index (χ1n) is 7.15. The highest BCUT2D eigenvalue weighted by Gasteiger charge is 2.15. The van der Waals surface area contributed by atoms with Gasteiger partial charge in [-0.05, 0) is 19.1 Å². The number of H-pyrrole nitrogens is 1. The number of thioether (sulfide) groups is 1. The first-order chi connectivity index (χ1) is 11.7. The molecule has 0 saturated heterocycles. The van der Waals surface area contributed by atoms with Gasteiger partial charge in [-0.3, -0.25) is 4.79 Å². The number of fused-ring (bicyclic) bond motifs is 1.